The molecule has 3 rings (SSSR count). The topological polar surface area (TPSA) is 54.0 Å². The Morgan fingerprint density at radius 2 is 2.25 bits per heavy atom. The Labute approximate surface area is 118 Å². The third-order valence-corrected chi connectivity index (χ3v) is 3.83. The molecule has 0 saturated carbocycles. The molecule has 1 aliphatic rings. The zero-order valence-corrected chi connectivity index (χ0v) is 11.4. The van der Waals surface area contributed by atoms with Crippen molar-refractivity contribution >= 4 is 16.8 Å². The third-order valence-electron chi connectivity index (χ3n) is 3.83. The molecule has 1 aromatic heterocycles. The number of benzene rings is 1. The van der Waals surface area contributed by atoms with Crippen LogP contribution in [0.1, 0.15) is 18.4 Å². The molecule has 1 aromatic carbocycles. The quantitative estimate of drug-likeness (QED) is 0.890. The van der Waals surface area contributed by atoms with Crippen LogP contribution in [0.15, 0.2) is 36.5 Å². The lowest BCUT2D eigenvalue weighted by Crippen LogP contribution is -2.26. The maximum atomic E-state index is 11.9. The zero-order chi connectivity index (χ0) is 13.8. The van der Waals surface area contributed by atoms with Crippen molar-refractivity contribution in [3.63, 3.8) is 0 Å². The van der Waals surface area contributed by atoms with Gasteiger partial charge in [0, 0.05) is 24.5 Å². The second-order valence-corrected chi connectivity index (χ2v) is 5.33. The van der Waals surface area contributed by atoms with Gasteiger partial charge in [-0.1, -0.05) is 24.3 Å². The second-order valence-electron chi connectivity index (χ2n) is 5.33. The summed E-state index contributed by atoms with van der Waals surface area (Å²) in [6.07, 6.45) is 3.51. The lowest BCUT2D eigenvalue weighted by molar-refractivity contribution is -0.122. The Morgan fingerprint density at radius 3 is 3.10 bits per heavy atom. The minimum Gasteiger partial charge on any atom is -0.352 e. The molecule has 2 N–H and O–H groups in total. The molecule has 0 bridgehead atoms. The highest BCUT2D eigenvalue weighted by Gasteiger charge is 2.17. The van der Waals surface area contributed by atoms with Crippen LogP contribution in [-0.4, -0.2) is 24.0 Å². The van der Waals surface area contributed by atoms with Gasteiger partial charge in [-0.05, 0) is 37.1 Å². The van der Waals surface area contributed by atoms with Crippen LogP contribution in [0.4, 0.5) is 0 Å². The summed E-state index contributed by atoms with van der Waals surface area (Å²) in [6, 6.07) is 10.0. The van der Waals surface area contributed by atoms with Gasteiger partial charge in [-0.3, -0.25) is 9.78 Å². The number of nitrogens with zero attached hydrogens (tertiary/aromatic N) is 1. The van der Waals surface area contributed by atoms with E-state index in [2.05, 4.69) is 15.6 Å². The minimum absolute atomic E-state index is 0.131. The maximum absolute atomic E-state index is 11.9. The van der Waals surface area contributed by atoms with E-state index in [0.29, 0.717) is 18.9 Å². The van der Waals surface area contributed by atoms with Gasteiger partial charge in [0.05, 0.1) is 5.52 Å². The van der Waals surface area contributed by atoms with Crippen LogP contribution in [-0.2, 0) is 11.3 Å². The molecule has 0 spiro atoms. The molecule has 1 amide bonds. The van der Waals surface area contributed by atoms with E-state index in [1.807, 2.05) is 30.3 Å². The summed E-state index contributed by atoms with van der Waals surface area (Å²) in [6.45, 7) is 2.54. The fourth-order valence-corrected chi connectivity index (χ4v) is 2.73. The highest BCUT2D eigenvalue weighted by Crippen LogP contribution is 2.16. The Morgan fingerprint density at radius 1 is 1.35 bits per heavy atom. The molecular formula is C16H19N3O. The van der Waals surface area contributed by atoms with Gasteiger partial charge in [0.2, 0.25) is 5.91 Å². The first kappa shape index (κ1) is 13.1. The molecule has 1 saturated heterocycles. The number of nitrogens with one attached hydrogen (secondary N) is 2. The monoisotopic (exact) mass is 269 g/mol. The summed E-state index contributed by atoms with van der Waals surface area (Å²) < 4.78 is 0. The van der Waals surface area contributed by atoms with Crippen molar-refractivity contribution in [2.24, 2.45) is 5.92 Å². The summed E-state index contributed by atoms with van der Waals surface area (Å²) in [5.74, 6) is 0.618. The third kappa shape index (κ3) is 2.96. The Bertz CT molecular complexity index is 600. The summed E-state index contributed by atoms with van der Waals surface area (Å²) in [7, 11) is 0. The van der Waals surface area contributed by atoms with E-state index >= 15 is 0 Å². The van der Waals surface area contributed by atoms with E-state index in [-0.39, 0.29) is 5.91 Å². The van der Waals surface area contributed by atoms with E-state index in [1.165, 1.54) is 0 Å². The lowest BCUT2D eigenvalue weighted by atomic mass is 10.0. The molecular weight excluding hydrogens is 250 g/mol. The van der Waals surface area contributed by atoms with Gasteiger partial charge >= 0.3 is 0 Å². The van der Waals surface area contributed by atoms with Crippen molar-refractivity contribution < 1.29 is 4.79 Å². The van der Waals surface area contributed by atoms with E-state index < -0.39 is 0 Å². The van der Waals surface area contributed by atoms with Crippen molar-refractivity contribution in [1.82, 2.24) is 15.6 Å². The van der Waals surface area contributed by atoms with Gasteiger partial charge in [-0.25, -0.2) is 0 Å². The zero-order valence-electron chi connectivity index (χ0n) is 11.4. The Hall–Kier alpha value is -1.94. The van der Waals surface area contributed by atoms with Gasteiger partial charge in [-0.2, -0.15) is 0 Å². The Kier molecular flexibility index (Phi) is 3.92. The molecule has 0 radical (unpaired) electrons. The number of carbonyl (C=O) groups excluding carboxylic acids is 1. The fraction of sp³-hybridized carbons (Fsp3) is 0.375. The molecule has 2 heterocycles. The average Bonchev–Trinajstić information content (AvgIpc) is 2.98. The number of amides is 1. The molecule has 1 fully saturated rings. The molecule has 20 heavy (non-hydrogen) atoms. The van der Waals surface area contributed by atoms with Crippen molar-refractivity contribution in [2.75, 3.05) is 13.1 Å². The Balaban J connectivity index is 1.63. The fourth-order valence-electron chi connectivity index (χ4n) is 2.73. The van der Waals surface area contributed by atoms with Crippen LogP contribution in [0.25, 0.3) is 10.9 Å². The number of hydrogen-bond acceptors (Lipinski definition) is 3. The van der Waals surface area contributed by atoms with Crippen LogP contribution in [0.5, 0.6) is 0 Å². The molecule has 1 atom stereocenters. The van der Waals surface area contributed by atoms with Gasteiger partial charge in [-0.15, -0.1) is 0 Å². The van der Waals surface area contributed by atoms with Crippen molar-refractivity contribution in [3.8, 4) is 0 Å². The van der Waals surface area contributed by atoms with Crippen LogP contribution >= 0.6 is 0 Å². The molecule has 4 nitrogen and oxygen atoms in total. The number of rotatable bonds is 4. The van der Waals surface area contributed by atoms with E-state index in [4.69, 9.17) is 0 Å². The molecule has 1 unspecified atom stereocenters. The maximum Gasteiger partial charge on any atom is 0.220 e. The van der Waals surface area contributed by atoms with Crippen LogP contribution in [0.3, 0.4) is 0 Å². The van der Waals surface area contributed by atoms with E-state index in [9.17, 15) is 4.79 Å². The largest absolute Gasteiger partial charge is 0.352 e. The number of para-hydroxylation sites is 1. The summed E-state index contributed by atoms with van der Waals surface area (Å²) in [4.78, 5) is 16.4. The first-order valence-corrected chi connectivity index (χ1v) is 7.13. The number of fused-ring (bicyclic) bond motifs is 1. The van der Waals surface area contributed by atoms with Crippen molar-refractivity contribution in [3.05, 3.63) is 42.1 Å². The predicted molar refractivity (Wildman–Crippen MR) is 79.2 cm³/mol. The SMILES string of the molecule is O=C(CC1CCNC1)NCc1cccc2cccnc12. The first-order valence-electron chi connectivity index (χ1n) is 7.13. The molecule has 2 aromatic rings. The van der Waals surface area contributed by atoms with Crippen LogP contribution < -0.4 is 10.6 Å². The smallest absolute Gasteiger partial charge is 0.220 e. The van der Waals surface area contributed by atoms with Crippen molar-refractivity contribution in [2.45, 2.75) is 19.4 Å². The first-order chi connectivity index (χ1) is 9.83. The second kappa shape index (κ2) is 6.01. The predicted octanol–water partition coefficient (Wildman–Crippen LogP) is 1.85. The van der Waals surface area contributed by atoms with Gasteiger partial charge < -0.3 is 10.6 Å². The summed E-state index contributed by atoms with van der Waals surface area (Å²) >= 11 is 0. The number of hydrogen-bond donors (Lipinski definition) is 2. The summed E-state index contributed by atoms with van der Waals surface area (Å²) in [5.41, 5.74) is 2.04. The highest BCUT2D eigenvalue weighted by molar-refractivity contribution is 5.82. The highest BCUT2D eigenvalue weighted by atomic mass is 16.1. The van der Waals surface area contributed by atoms with Crippen molar-refractivity contribution in [1.29, 1.82) is 0 Å². The van der Waals surface area contributed by atoms with Crippen LogP contribution in [0.2, 0.25) is 0 Å². The minimum atomic E-state index is 0.131. The van der Waals surface area contributed by atoms with Gasteiger partial charge in [0.25, 0.3) is 0 Å². The van der Waals surface area contributed by atoms with Gasteiger partial charge in [0.15, 0.2) is 0 Å². The molecule has 4 heteroatoms. The normalized spacial score (nSPS) is 18.3. The molecule has 104 valence electrons. The molecule has 1 aliphatic heterocycles. The van der Waals surface area contributed by atoms with E-state index in [1.54, 1.807) is 6.20 Å². The lowest BCUT2D eigenvalue weighted by Gasteiger charge is -2.10. The number of carbonyl (C=O) groups is 1. The summed E-state index contributed by atoms with van der Waals surface area (Å²) in [5, 5.41) is 7.41. The molecule has 0 aliphatic carbocycles. The number of pyridine rings is 1. The van der Waals surface area contributed by atoms with Gasteiger partial charge in [0.1, 0.15) is 0 Å². The standard InChI is InChI=1S/C16H19N3O/c20-15(9-12-6-8-17-10-12)19-11-14-4-1-3-13-5-2-7-18-16(13)14/h1-5,7,12,17H,6,8-11H2,(H,19,20). The number of aromatic nitrogens is 1. The average molecular weight is 269 g/mol. The van der Waals surface area contributed by atoms with E-state index in [0.717, 1.165) is 36.0 Å². The van der Waals surface area contributed by atoms with Crippen LogP contribution in [0, 0.1) is 5.92 Å².